The summed E-state index contributed by atoms with van der Waals surface area (Å²) in [5.74, 6) is -1.22. The Hall–Kier alpha value is -1.10. The van der Waals surface area contributed by atoms with Gasteiger partial charge in [0.25, 0.3) is 0 Å². The van der Waals surface area contributed by atoms with Gasteiger partial charge in [-0.2, -0.15) is 0 Å². The molecule has 1 aliphatic rings. The Balaban J connectivity index is 2.38. The molecule has 0 aromatic carbocycles. The second kappa shape index (κ2) is 8.91. The van der Waals surface area contributed by atoms with Gasteiger partial charge in [0.05, 0.1) is 5.92 Å². The summed E-state index contributed by atoms with van der Waals surface area (Å²) in [5.41, 5.74) is 5.40. The van der Waals surface area contributed by atoms with Gasteiger partial charge in [0.1, 0.15) is 0 Å². The summed E-state index contributed by atoms with van der Waals surface area (Å²) in [7, 11) is 0. The minimum Gasteiger partial charge on any atom is -0.481 e. The lowest BCUT2D eigenvalue weighted by Crippen LogP contribution is -2.42. The maximum atomic E-state index is 11.8. The Morgan fingerprint density at radius 1 is 1.11 bits per heavy atom. The normalized spacial score (nSPS) is 23.6. The van der Waals surface area contributed by atoms with Crippen molar-refractivity contribution in [1.82, 2.24) is 5.32 Å². The van der Waals surface area contributed by atoms with Gasteiger partial charge in [-0.05, 0) is 32.2 Å². The van der Waals surface area contributed by atoms with Crippen molar-refractivity contribution in [2.45, 2.75) is 63.8 Å². The molecule has 0 saturated heterocycles. The predicted molar refractivity (Wildman–Crippen MR) is 73.7 cm³/mol. The van der Waals surface area contributed by atoms with E-state index in [9.17, 15) is 14.7 Å². The van der Waals surface area contributed by atoms with Gasteiger partial charge >= 0.3 is 5.97 Å². The zero-order valence-electron chi connectivity index (χ0n) is 11.6. The minimum atomic E-state index is -0.782. The molecule has 1 saturated carbocycles. The van der Waals surface area contributed by atoms with E-state index < -0.39 is 11.9 Å². The van der Waals surface area contributed by atoms with Gasteiger partial charge in [-0.15, -0.1) is 0 Å². The summed E-state index contributed by atoms with van der Waals surface area (Å²) in [6.45, 7) is 0.658. The molecule has 110 valence electrons. The molecule has 0 spiro atoms. The highest BCUT2D eigenvalue weighted by molar-refractivity contribution is 5.78. The molecule has 1 amide bonds. The van der Waals surface area contributed by atoms with Crippen LogP contribution >= 0.6 is 0 Å². The smallest absolute Gasteiger partial charge is 0.308 e. The average molecular weight is 270 g/mol. The SMILES string of the molecule is NCCCCCC(=O)NC1CCCCCC1C(=O)O. The number of unbranched alkanes of at least 4 members (excludes halogenated alkanes) is 2. The Morgan fingerprint density at radius 2 is 1.84 bits per heavy atom. The number of amides is 1. The molecular weight excluding hydrogens is 244 g/mol. The third kappa shape index (κ3) is 6.05. The van der Waals surface area contributed by atoms with Crippen molar-refractivity contribution >= 4 is 11.9 Å². The molecule has 5 nitrogen and oxygen atoms in total. The Labute approximate surface area is 114 Å². The molecule has 2 atom stereocenters. The third-order valence-electron chi connectivity index (χ3n) is 3.79. The molecule has 19 heavy (non-hydrogen) atoms. The summed E-state index contributed by atoms with van der Waals surface area (Å²) in [4.78, 5) is 23.1. The highest BCUT2D eigenvalue weighted by atomic mass is 16.4. The van der Waals surface area contributed by atoms with E-state index in [1.165, 1.54) is 0 Å². The summed E-state index contributed by atoms with van der Waals surface area (Å²) in [5, 5.41) is 12.1. The highest BCUT2D eigenvalue weighted by Crippen LogP contribution is 2.24. The fraction of sp³-hybridized carbons (Fsp3) is 0.857. The molecule has 1 fully saturated rings. The predicted octanol–water partition coefficient (Wildman–Crippen LogP) is 1.66. The highest BCUT2D eigenvalue weighted by Gasteiger charge is 2.30. The van der Waals surface area contributed by atoms with Crippen LogP contribution in [0.1, 0.15) is 57.8 Å². The van der Waals surface area contributed by atoms with Crippen molar-refractivity contribution in [2.24, 2.45) is 11.7 Å². The summed E-state index contributed by atoms with van der Waals surface area (Å²) < 4.78 is 0. The maximum absolute atomic E-state index is 11.8. The summed E-state index contributed by atoms with van der Waals surface area (Å²) in [6.07, 6.45) is 7.66. The molecule has 0 bridgehead atoms. The Kier molecular flexibility index (Phi) is 7.48. The minimum absolute atomic E-state index is 0.0184. The fourth-order valence-electron chi connectivity index (χ4n) is 2.66. The van der Waals surface area contributed by atoms with Gasteiger partial charge in [0.2, 0.25) is 5.91 Å². The van der Waals surface area contributed by atoms with Crippen molar-refractivity contribution in [1.29, 1.82) is 0 Å². The molecular formula is C14H26N2O3. The lowest BCUT2D eigenvalue weighted by Gasteiger charge is -2.22. The number of hydrogen-bond donors (Lipinski definition) is 3. The fourth-order valence-corrected chi connectivity index (χ4v) is 2.66. The van der Waals surface area contributed by atoms with Crippen molar-refractivity contribution < 1.29 is 14.7 Å². The van der Waals surface area contributed by atoms with Crippen LogP contribution < -0.4 is 11.1 Å². The third-order valence-corrected chi connectivity index (χ3v) is 3.79. The summed E-state index contributed by atoms with van der Waals surface area (Å²) >= 11 is 0. The zero-order chi connectivity index (χ0) is 14.1. The first-order valence-electron chi connectivity index (χ1n) is 7.37. The number of carbonyl (C=O) groups is 2. The quantitative estimate of drug-likeness (QED) is 0.484. The lowest BCUT2D eigenvalue weighted by molar-refractivity contribution is -0.143. The molecule has 5 heteroatoms. The van der Waals surface area contributed by atoms with Crippen LogP contribution in [0.25, 0.3) is 0 Å². The lowest BCUT2D eigenvalue weighted by atomic mass is 9.94. The largest absolute Gasteiger partial charge is 0.481 e. The average Bonchev–Trinajstić information content (AvgIpc) is 2.60. The van der Waals surface area contributed by atoms with Crippen LogP contribution in [0.15, 0.2) is 0 Å². The topological polar surface area (TPSA) is 92.4 Å². The van der Waals surface area contributed by atoms with E-state index in [0.29, 0.717) is 19.4 Å². The number of aliphatic carboxylic acids is 1. The number of carbonyl (C=O) groups excluding carboxylic acids is 1. The van der Waals surface area contributed by atoms with Gasteiger partial charge in [0.15, 0.2) is 0 Å². The van der Waals surface area contributed by atoms with Gasteiger partial charge in [-0.25, -0.2) is 0 Å². The number of nitrogens with two attached hydrogens (primary N) is 1. The number of nitrogens with one attached hydrogen (secondary N) is 1. The molecule has 0 aromatic heterocycles. The van der Waals surface area contributed by atoms with Crippen LogP contribution in [0.2, 0.25) is 0 Å². The first-order valence-corrected chi connectivity index (χ1v) is 7.37. The molecule has 4 N–H and O–H groups in total. The second-order valence-electron chi connectivity index (χ2n) is 5.36. The Bertz CT molecular complexity index is 294. The first kappa shape index (κ1) is 16.0. The van der Waals surface area contributed by atoms with Gasteiger partial charge < -0.3 is 16.2 Å². The van der Waals surface area contributed by atoms with E-state index in [2.05, 4.69) is 5.32 Å². The van der Waals surface area contributed by atoms with Gasteiger partial charge in [-0.3, -0.25) is 9.59 Å². The zero-order valence-corrected chi connectivity index (χ0v) is 11.6. The van der Waals surface area contributed by atoms with Crippen LogP contribution in [0.4, 0.5) is 0 Å². The van der Waals surface area contributed by atoms with Crippen LogP contribution in [0.3, 0.4) is 0 Å². The van der Waals surface area contributed by atoms with Crippen molar-refractivity contribution in [3.05, 3.63) is 0 Å². The maximum Gasteiger partial charge on any atom is 0.308 e. The second-order valence-corrected chi connectivity index (χ2v) is 5.36. The monoisotopic (exact) mass is 270 g/mol. The van der Waals surface area contributed by atoms with Crippen LogP contribution in [-0.2, 0) is 9.59 Å². The first-order chi connectivity index (χ1) is 9.15. The molecule has 1 aliphatic carbocycles. The van der Waals surface area contributed by atoms with Crippen LogP contribution in [-0.4, -0.2) is 29.6 Å². The number of carboxylic acid groups (broad SMARTS) is 1. The molecule has 0 aliphatic heterocycles. The number of rotatable bonds is 7. The summed E-state index contributed by atoms with van der Waals surface area (Å²) in [6, 6.07) is -0.193. The van der Waals surface area contributed by atoms with Crippen molar-refractivity contribution in [3.63, 3.8) is 0 Å². The number of carboxylic acids is 1. The Morgan fingerprint density at radius 3 is 2.53 bits per heavy atom. The van der Waals surface area contributed by atoms with Crippen molar-refractivity contribution in [2.75, 3.05) is 6.54 Å². The van der Waals surface area contributed by atoms with Crippen molar-refractivity contribution in [3.8, 4) is 0 Å². The van der Waals surface area contributed by atoms with E-state index in [1.54, 1.807) is 0 Å². The molecule has 0 aromatic rings. The molecule has 2 unspecified atom stereocenters. The molecule has 0 radical (unpaired) electrons. The van der Waals surface area contributed by atoms with E-state index in [1.807, 2.05) is 0 Å². The molecule has 1 rings (SSSR count). The van der Waals surface area contributed by atoms with Crippen LogP contribution in [0.5, 0.6) is 0 Å². The standard InChI is InChI=1S/C14H26N2O3/c15-10-6-2-5-9-13(17)16-12-8-4-1-3-7-11(12)14(18)19/h11-12H,1-10,15H2,(H,16,17)(H,18,19). The van der Waals surface area contributed by atoms with E-state index in [4.69, 9.17) is 5.73 Å². The van der Waals surface area contributed by atoms with Gasteiger partial charge in [0, 0.05) is 12.5 Å². The molecule has 0 heterocycles. The van der Waals surface area contributed by atoms with Crippen LogP contribution in [0, 0.1) is 5.92 Å². The van der Waals surface area contributed by atoms with E-state index in [0.717, 1.165) is 44.9 Å². The van der Waals surface area contributed by atoms with Gasteiger partial charge in [-0.1, -0.05) is 25.7 Å². The van der Waals surface area contributed by atoms with E-state index in [-0.39, 0.29) is 11.9 Å². The van der Waals surface area contributed by atoms with E-state index >= 15 is 0 Å². The number of hydrogen-bond acceptors (Lipinski definition) is 3.